The van der Waals surface area contributed by atoms with Gasteiger partial charge in [0.2, 0.25) is 5.95 Å². The first-order chi connectivity index (χ1) is 16.6. The van der Waals surface area contributed by atoms with Gasteiger partial charge in [0.15, 0.2) is 0 Å². The predicted molar refractivity (Wildman–Crippen MR) is 124 cm³/mol. The SMILES string of the molecule is Cc1ccc(CO)cc1NC(=O)c1ccc(Nc2ncc(C(F)(F)F)c(-c3cnn(C)c3)n2)cc1. The average Bonchev–Trinajstić information content (AvgIpc) is 3.26. The Morgan fingerprint density at radius 3 is 2.49 bits per heavy atom. The highest BCUT2D eigenvalue weighted by molar-refractivity contribution is 6.04. The number of hydrogen-bond acceptors (Lipinski definition) is 6. The summed E-state index contributed by atoms with van der Waals surface area (Å²) < 4.78 is 41.8. The highest BCUT2D eigenvalue weighted by Gasteiger charge is 2.35. The van der Waals surface area contributed by atoms with Crippen LogP contribution < -0.4 is 10.6 Å². The third-order valence-corrected chi connectivity index (χ3v) is 5.21. The number of amides is 1. The number of aliphatic hydroxyl groups excluding tert-OH is 1. The minimum absolute atomic E-state index is 0.0366. The van der Waals surface area contributed by atoms with Crippen molar-refractivity contribution < 1.29 is 23.1 Å². The van der Waals surface area contributed by atoms with Crippen LogP contribution in [-0.4, -0.2) is 30.8 Å². The van der Waals surface area contributed by atoms with Crippen molar-refractivity contribution in [1.82, 2.24) is 19.7 Å². The van der Waals surface area contributed by atoms with Crippen LogP contribution in [-0.2, 0) is 19.8 Å². The molecule has 0 aliphatic heterocycles. The molecular weight excluding hydrogens is 461 g/mol. The summed E-state index contributed by atoms with van der Waals surface area (Å²) in [6.07, 6.45) is -1.17. The summed E-state index contributed by atoms with van der Waals surface area (Å²) in [4.78, 5) is 20.5. The number of aryl methyl sites for hydroxylation is 2. The highest BCUT2D eigenvalue weighted by Crippen LogP contribution is 2.36. The van der Waals surface area contributed by atoms with Gasteiger partial charge in [-0.1, -0.05) is 12.1 Å². The van der Waals surface area contributed by atoms with Gasteiger partial charge in [0.1, 0.15) is 5.56 Å². The van der Waals surface area contributed by atoms with Gasteiger partial charge in [-0.15, -0.1) is 0 Å². The lowest BCUT2D eigenvalue weighted by atomic mass is 10.1. The molecule has 0 saturated carbocycles. The van der Waals surface area contributed by atoms with Gasteiger partial charge in [-0.25, -0.2) is 9.97 Å². The molecule has 0 bridgehead atoms. The van der Waals surface area contributed by atoms with Crippen molar-refractivity contribution in [3.63, 3.8) is 0 Å². The third-order valence-electron chi connectivity index (χ3n) is 5.21. The third kappa shape index (κ3) is 5.46. The molecule has 180 valence electrons. The molecule has 0 spiro atoms. The van der Waals surface area contributed by atoms with Crippen LogP contribution in [0.1, 0.15) is 27.0 Å². The predicted octanol–water partition coefficient (Wildman–Crippen LogP) is 4.69. The second-order valence-electron chi connectivity index (χ2n) is 7.82. The molecule has 4 rings (SSSR count). The topological polar surface area (TPSA) is 105 Å². The van der Waals surface area contributed by atoms with Crippen LogP contribution in [0, 0.1) is 6.92 Å². The molecule has 1 amide bonds. The normalized spacial score (nSPS) is 11.4. The van der Waals surface area contributed by atoms with E-state index in [1.54, 1.807) is 49.5 Å². The van der Waals surface area contributed by atoms with Crippen LogP contribution in [0.25, 0.3) is 11.3 Å². The van der Waals surface area contributed by atoms with Crippen molar-refractivity contribution in [2.75, 3.05) is 10.6 Å². The number of aliphatic hydroxyl groups is 1. The Balaban J connectivity index is 1.53. The molecule has 11 heteroatoms. The van der Waals surface area contributed by atoms with Gasteiger partial charge in [0.05, 0.1) is 18.5 Å². The summed E-state index contributed by atoms with van der Waals surface area (Å²) in [6.45, 7) is 1.70. The Bertz CT molecular complexity index is 1370. The van der Waals surface area contributed by atoms with E-state index < -0.39 is 11.7 Å². The fourth-order valence-corrected chi connectivity index (χ4v) is 3.34. The summed E-state index contributed by atoms with van der Waals surface area (Å²) >= 11 is 0. The van der Waals surface area contributed by atoms with E-state index in [0.29, 0.717) is 22.5 Å². The molecule has 0 fully saturated rings. The molecule has 0 aliphatic carbocycles. The minimum Gasteiger partial charge on any atom is -0.392 e. The van der Waals surface area contributed by atoms with E-state index in [9.17, 15) is 23.1 Å². The summed E-state index contributed by atoms with van der Waals surface area (Å²) in [6, 6.07) is 11.6. The largest absolute Gasteiger partial charge is 0.419 e. The molecule has 35 heavy (non-hydrogen) atoms. The number of halogens is 3. The molecule has 2 heterocycles. The van der Waals surface area contributed by atoms with Crippen molar-refractivity contribution in [3.8, 4) is 11.3 Å². The van der Waals surface area contributed by atoms with Crippen molar-refractivity contribution in [2.24, 2.45) is 7.05 Å². The van der Waals surface area contributed by atoms with E-state index in [2.05, 4.69) is 25.7 Å². The van der Waals surface area contributed by atoms with Crippen LogP contribution in [0.2, 0.25) is 0 Å². The molecule has 0 aliphatic rings. The van der Waals surface area contributed by atoms with Crippen molar-refractivity contribution >= 4 is 23.2 Å². The quantitative estimate of drug-likeness (QED) is 0.368. The van der Waals surface area contributed by atoms with Crippen LogP contribution >= 0.6 is 0 Å². The van der Waals surface area contributed by atoms with Crippen molar-refractivity contribution in [2.45, 2.75) is 19.7 Å². The Morgan fingerprint density at radius 1 is 1.11 bits per heavy atom. The number of anilines is 3. The molecule has 0 saturated heterocycles. The molecule has 2 aromatic carbocycles. The maximum Gasteiger partial charge on any atom is 0.419 e. The highest BCUT2D eigenvalue weighted by atomic mass is 19.4. The van der Waals surface area contributed by atoms with Crippen LogP contribution in [0.5, 0.6) is 0 Å². The van der Waals surface area contributed by atoms with E-state index in [1.165, 1.54) is 17.1 Å². The zero-order valence-electron chi connectivity index (χ0n) is 18.8. The molecule has 0 atom stereocenters. The lowest BCUT2D eigenvalue weighted by molar-refractivity contribution is -0.137. The van der Waals surface area contributed by atoms with Crippen LogP contribution in [0.15, 0.2) is 61.1 Å². The van der Waals surface area contributed by atoms with Gasteiger partial charge in [-0.05, 0) is 48.4 Å². The second kappa shape index (κ2) is 9.55. The Morgan fingerprint density at radius 2 is 1.86 bits per heavy atom. The maximum atomic E-state index is 13.5. The number of carbonyl (C=O) groups is 1. The number of hydrogen-bond donors (Lipinski definition) is 3. The van der Waals surface area contributed by atoms with Gasteiger partial charge in [0, 0.05) is 41.9 Å². The zero-order chi connectivity index (χ0) is 25.2. The number of nitrogens with one attached hydrogen (secondary N) is 2. The molecule has 3 N–H and O–H groups in total. The van der Waals surface area contributed by atoms with Crippen LogP contribution in [0.4, 0.5) is 30.5 Å². The minimum atomic E-state index is -4.63. The fraction of sp³-hybridized carbons (Fsp3) is 0.167. The maximum absolute atomic E-state index is 13.5. The van der Waals surface area contributed by atoms with Gasteiger partial charge < -0.3 is 15.7 Å². The summed E-state index contributed by atoms with van der Waals surface area (Å²) in [7, 11) is 1.60. The fourth-order valence-electron chi connectivity index (χ4n) is 3.34. The number of rotatable bonds is 6. The Hall–Kier alpha value is -4.25. The molecular formula is C24H21F3N6O2. The first-order valence-corrected chi connectivity index (χ1v) is 10.5. The number of aromatic nitrogens is 4. The van der Waals surface area contributed by atoms with E-state index in [0.717, 1.165) is 11.8 Å². The number of benzene rings is 2. The lowest BCUT2D eigenvalue weighted by Gasteiger charge is -2.13. The zero-order valence-corrected chi connectivity index (χ0v) is 18.8. The molecule has 8 nitrogen and oxygen atoms in total. The Kier molecular flexibility index (Phi) is 6.52. The summed E-state index contributed by atoms with van der Waals surface area (Å²) in [5, 5.41) is 18.9. The molecule has 0 unspecified atom stereocenters. The monoisotopic (exact) mass is 482 g/mol. The van der Waals surface area contributed by atoms with Gasteiger partial charge in [-0.3, -0.25) is 9.48 Å². The van der Waals surface area contributed by atoms with Gasteiger partial charge in [-0.2, -0.15) is 18.3 Å². The van der Waals surface area contributed by atoms with Crippen molar-refractivity contribution in [3.05, 3.63) is 83.3 Å². The number of nitrogens with zero attached hydrogens (tertiary/aromatic N) is 4. The van der Waals surface area contributed by atoms with Crippen molar-refractivity contribution in [1.29, 1.82) is 0 Å². The lowest BCUT2D eigenvalue weighted by Crippen LogP contribution is -2.13. The summed E-state index contributed by atoms with van der Waals surface area (Å²) in [5.74, 6) is -0.384. The molecule has 0 radical (unpaired) electrons. The smallest absolute Gasteiger partial charge is 0.392 e. The Labute approximate surface area is 198 Å². The van der Waals surface area contributed by atoms with Crippen LogP contribution in [0.3, 0.4) is 0 Å². The van der Waals surface area contributed by atoms with E-state index in [4.69, 9.17) is 0 Å². The average molecular weight is 482 g/mol. The van der Waals surface area contributed by atoms with E-state index in [-0.39, 0.29) is 29.7 Å². The van der Waals surface area contributed by atoms with Gasteiger partial charge >= 0.3 is 6.18 Å². The van der Waals surface area contributed by atoms with E-state index in [1.807, 2.05) is 6.92 Å². The number of carbonyl (C=O) groups excluding carboxylic acids is 1. The standard InChI is InChI=1S/C24H21F3N6O2/c1-14-3-4-15(13-34)9-20(14)31-22(35)16-5-7-18(8-6-16)30-23-28-11-19(24(25,26)27)21(32-23)17-10-29-33(2)12-17/h3-12,34H,13H2,1-2H3,(H,31,35)(H,28,30,32). The van der Waals surface area contributed by atoms with E-state index >= 15 is 0 Å². The number of alkyl halides is 3. The molecule has 2 aromatic heterocycles. The van der Waals surface area contributed by atoms with Gasteiger partial charge in [0.25, 0.3) is 5.91 Å². The first-order valence-electron chi connectivity index (χ1n) is 10.5. The first kappa shape index (κ1) is 23.9. The molecule has 4 aromatic rings. The second-order valence-corrected chi connectivity index (χ2v) is 7.82. The summed E-state index contributed by atoms with van der Waals surface area (Å²) in [5.41, 5.74) is 1.90.